The molecule has 0 aromatic heterocycles. The molecule has 1 unspecified atom stereocenters. The van der Waals surface area contributed by atoms with Crippen molar-refractivity contribution in [3.8, 4) is 11.8 Å². The van der Waals surface area contributed by atoms with Gasteiger partial charge in [-0.2, -0.15) is 0 Å². The van der Waals surface area contributed by atoms with Crippen molar-refractivity contribution in [1.29, 1.82) is 0 Å². The first-order valence-electron chi connectivity index (χ1n) is 4.73. The van der Waals surface area contributed by atoms with Gasteiger partial charge in [-0.3, -0.25) is 0 Å². The second kappa shape index (κ2) is 5.22. The van der Waals surface area contributed by atoms with E-state index in [1.807, 2.05) is 13.8 Å². The fourth-order valence-corrected chi connectivity index (χ4v) is 0.651. The van der Waals surface area contributed by atoms with Crippen LogP contribution in [0.3, 0.4) is 0 Å². The summed E-state index contributed by atoms with van der Waals surface area (Å²) < 4.78 is 0. The molecule has 0 aliphatic carbocycles. The minimum absolute atomic E-state index is 0.201. The van der Waals surface area contributed by atoms with E-state index in [-0.39, 0.29) is 5.92 Å². The van der Waals surface area contributed by atoms with E-state index in [2.05, 4.69) is 18.8 Å². The van der Waals surface area contributed by atoms with Crippen LogP contribution in [0, 0.1) is 17.8 Å². The molecule has 1 nitrogen and oxygen atoms in total. The summed E-state index contributed by atoms with van der Waals surface area (Å²) >= 11 is 0. The van der Waals surface area contributed by atoms with E-state index in [0.29, 0.717) is 0 Å². The van der Waals surface area contributed by atoms with Crippen LogP contribution in [0.4, 0.5) is 0 Å². The lowest BCUT2D eigenvalue weighted by Gasteiger charge is -2.20. The maximum Gasteiger partial charge on any atom is 0.124 e. The van der Waals surface area contributed by atoms with Gasteiger partial charge in [0.2, 0.25) is 0 Å². The normalized spacial score (nSPS) is 15.2. The highest BCUT2D eigenvalue weighted by Crippen LogP contribution is 2.14. The maximum atomic E-state index is 9.72. The standard InChI is InChI=1S/C11H20O/c1-5-6-7-8-9-11(4,12)10(2)3/h10,12H,5-7H2,1-4H3. The molecule has 1 atom stereocenters. The second-order valence-electron chi connectivity index (χ2n) is 3.71. The quantitative estimate of drug-likeness (QED) is 0.507. The van der Waals surface area contributed by atoms with Gasteiger partial charge < -0.3 is 5.11 Å². The lowest BCUT2D eigenvalue weighted by Crippen LogP contribution is -2.28. The predicted molar refractivity (Wildman–Crippen MR) is 52.8 cm³/mol. The first-order chi connectivity index (χ1) is 5.50. The molecule has 0 spiro atoms. The van der Waals surface area contributed by atoms with Crippen LogP contribution in [-0.2, 0) is 0 Å². The highest BCUT2D eigenvalue weighted by atomic mass is 16.3. The van der Waals surface area contributed by atoms with Crippen LogP contribution in [0.25, 0.3) is 0 Å². The molecule has 0 aliphatic heterocycles. The SMILES string of the molecule is CCCCC#CC(C)(O)C(C)C. The highest BCUT2D eigenvalue weighted by molar-refractivity contribution is 5.12. The first-order valence-corrected chi connectivity index (χ1v) is 4.73. The molecule has 70 valence electrons. The Hall–Kier alpha value is -0.480. The molecule has 0 rings (SSSR count). The Labute approximate surface area is 76.2 Å². The molecule has 0 saturated heterocycles. The van der Waals surface area contributed by atoms with Crippen molar-refractivity contribution in [3.63, 3.8) is 0 Å². The molecular weight excluding hydrogens is 148 g/mol. The van der Waals surface area contributed by atoms with Crippen molar-refractivity contribution < 1.29 is 5.11 Å². The van der Waals surface area contributed by atoms with Crippen molar-refractivity contribution in [2.75, 3.05) is 0 Å². The van der Waals surface area contributed by atoms with Crippen molar-refractivity contribution >= 4 is 0 Å². The first kappa shape index (κ1) is 11.5. The van der Waals surface area contributed by atoms with Crippen LogP contribution in [0.5, 0.6) is 0 Å². The van der Waals surface area contributed by atoms with Crippen LogP contribution in [0.1, 0.15) is 47.0 Å². The van der Waals surface area contributed by atoms with E-state index in [1.165, 1.54) is 6.42 Å². The molecule has 0 amide bonds. The van der Waals surface area contributed by atoms with Gasteiger partial charge in [-0.1, -0.05) is 33.1 Å². The molecule has 0 heterocycles. The number of rotatable bonds is 3. The summed E-state index contributed by atoms with van der Waals surface area (Å²) in [5.41, 5.74) is -0.812. The predicted octanol–water partition coefficient (Wildman–Crippen LogP) is 2.59. The lowest BCUT2D eigenvalue weighted by atomic mass is 9.93. The summed E-state index contributed by atoms with van der Waals surface area (Å²) in [7, 11) is 0. The lowest BCUT2D eigenvalue weighted by molar-refractivity contribution is 0.0725. The third-order valence-corrected chi connectivity index (χ3v) is 2.12. The smallest absolute Gasteiger partial charge is 0.124 e. The van der Waals surface area contributed by atoms with E-state index in [9.17, 15) is 5.11 Å². The van der Waals surface area contributed by atoms with Crippen LogP contribution in [0.2, 0.25) is 0 Å². The summed E-state index contributed by atoms with van der Waals surface area (Å²) in [6, 6.07) is 0. The van der Waals surface area contributed by atoms with E-state index in [1.54, 1.807) is 6.92 Å². The fourth-order valence-electron chi connectivity index (χ4n) is 0.651. The van der Waals surface area contributed by atoms with Gasteiger partial charge in [0.25, 0.3) is 0 Å². The molecule has 0 bridgehead atoms. The zero-order valence-electron chi connectivity index (χ0n) is 8.65. The number of unbranched alkanes of at least 4 members (excludes halogenated alkanes) is 2. The van der Waals surface area contributed by atoms with Crippen LogP contribution in [-0.4, -0.2) is 10.7 Å². The Bertz CT molecular complexity index is 169. The average molecular weight is 168 g/mol. The molecular formula is C11H20O. The van der Waals surface area contributed by atoms with Crippen molar-refractivity contribution in [2.24, 2.45) is 5.92 Å². The van der Waals surface area contributed by atoms with Crippen LogP contribution < -0.4 is 0 Å². The Morgan fingerprint density at radius 3 is 2.42 bits per heavy atom. The van der Waals surface area contributed by atoms with E-state index in [0.717, 1.165) is 12.8 Å². The van der Waals surface area contributed by atoms with Gasteiger partial charge >= 0.3 is 0 Å². The maximum absolute atomic E-state index is 9.72. The number of aliphatic hydroxyl groups is 1. The zero-order valence-corrected chi connectivity index (χ0v) is 8.65. The summed E-state index contributed by atoms with van der Waals surface area (Å²) in [5, 5.41) is 9.72. The summed E-state index contributed by atoms with van der Waals surface area (Å²) in [6.07, 6.45) is 3.19. The van der Waals surface area contributed by atoms with Gasteiger partial charge in [-0.15, -0.1) is 5.92 Å². The summed E-state index contributed by atoms with van der Waals surface area (Å²) in [4.78, 5) is 0. The number of hydrogen-bond acceptors (Lipinski definition) is 1. The summed E-state index contributed by atoms with van der Waals surface area (Å²) in [6.45, 7) is 7.88. The molecule has 0 aliphatic rings. The molecule has 1 N–H and O–H groups in total. The third-order valence-electron chi connectivity index (χ3n) is 2.12. The molecule has 0 saturated carbocycles. The van der Waals surface area contributed by atoms with E-state index in [4.69, 9.17) is 0 Å². The van der Waals surface area contributed by atoms with Gasteiger partial charge in [0.1, 0.15) is 5.60 Å². The fraction of sp³-hybridized carbons (Fsp3) is 0.818. The van der Waals surface area contributed by atoms with Crippen molar-refractivity contribution in [1.82, 2.24) is 0 Å². The second-order valence-corrected chi connectivity index (χ2v) is 3.71. The highest BCUT2D eigenvalue weighted by Gasteiger charge is 2.20. The molecule has 0 aromatic carbocycles. The Balaban J connectivity index is 3.92. The van der Waals surface area contributed by atoms with Crippen molar-refractivity contribution in [3.05, 3.63) is 0 Å². The Morgan fingerprint density at radius 1 is 1.42 bits per heavy atom. The van der Waals surface area contributed by atoms with Crippen LogP contribution >= 0.6 is 0 Å². The minimum Gasteiger partial charge on any atom is -0.378 e. The zero-order chi connectivity index (χ0) is 9.61. The van der Waals surface area contributed by atoms with Gasteiger partial charge in [-0.25, -0.2) is 0 Å². The molecule has 1 heteroatoms. The third kappa shape index (κ3) is 4.41. The minimum atomic E-state index is -0.812. The van der Waals surface area contributed by atoms with Gasteiger partial charge in [0.15, 0.2) is 0 Å². The van der Waals surface area contributed by atoms with Gasteiger partial charge in [0.05, 0.1) is 0 Å². The van der Waals surface area contributed by atoms with E-state index < -0.39 is 5.60 Å². The molecule has 0 radical (unpaired) electrons. The number of hydrogen-bond donors (Lipinski definition) is 1. The molecule has 0 fully saturated rings. The van der Waals surface area contributed by atoms with E-state index >= 15 is 0 Å². The average Bonchev–Trinajstić information content (AvgIpc) is 1.98. The van der Waals surface area contributed by atoms with Gasteiger partial charge in [-0.05, 0) is 19.3 Å². The van der Waals surface area contributed by atoms with Crippen LogP contribution in [0.15, 0.2) is 0 Å². The van der Waals surface area contributed by atoms with Gasteiger partial charge in [0, 0.05) is 6.42 Å². The Morgan fingerprint density at radius 2 is 2.00 bits per heavy atom. The monoisotopic (exact) mass is 168 g/mol. The van der Waals surface area contributed by atoms with Crippen molar-refractivity contribution in [2.45, 2.75) is 52.6 Å². The topological polar surface area (TPSA) is 20.2 Å². The Kier molecular flexibility index (Phi) is 5.01. The molecule has 12 heavy (non-hydrogen) atoms. The summed E-state index contributed by atoms with van der Waals surface area (Å²) in [5.74, 6) is 6.11. The molecule has 0 aromatic rings. The largest absolute Gasteiger partial charge is 0.378 e.